The fourth-order valence-corrected chi connectivity index (χ4v) is 4.13. The number of hydrogen-bond donors (Lipinski definition) is 2. The molecular weight excluding hydrogens is 254 g/mol. The number of nitrogens with zero attached hydrogens (tertiary/aromatic N) is 1. The van der Waals surface area contributed by atoms with Crippen molar-refractivity contribution in [2.45, 2.75) is 49.6 Å². The molecule has 0 bridgehead atoms. The second-order valence-electron chi connectivity index (χ2n) is 5.80. The van der Waals surface area contributed by atoms with Gasteiger partial charge in [-0.05, 0) is 49.8 Å². The van der Waals surface area contributed by atoms with Crippen molar-refractivity contribution in [1.82, 2.24) is 9.97 Å². The molecule has 3 unspecified atom stereocenters. The third kappa shape index (κ3) is 2.79. The van der Waals surface area contributed by atoms with Gasteiger partial charge in [-0.2, -0.15) is 0 Å². The maximum Gasteiger partial charge on any atom is 0.166 e. The van der Waals surface area contributed by atoms with Crippen LogP contribution in [0.3, 0.4) is 0 Å². The highest BCUT2D eigenvalue weighted by Crippen LogP contribution is 2.35. The molecule has 0 spiro atoms. The van der Waals surface area contributed by atoms with Crippen molar-refractivity contribution in [2.24, 2.45) is 11.7 Å². The summed E-state index contributed by atoms with van der Waals surface area (Å²) in [6, 6.07) is 6.63. The normalized spacial score (nSPS) is 27.8. The summed E-state index contributed by atoms with van der Waals surface area (Å²) in [6.45, 7) is 4.42. The summed E-state index contributed by atoms with van der Waals surface area (Å²) in [6.07, 6.45) is 3.59. The van der Waals surface area contributed by atoms with Crippen LogP contribution in [0.2, 0.25) is 0 Å². The summed E-state index contributed by atoms with van der Waals surface area (Å²) >= 11 is 1.82. The lowest BCUT2D eigenvalue weighted by Crippen LogP contribution is -2.37. The zero-order chi connectivity index (χ0) is 13.4. The lowest BCUT2D eigenvalue weighted by Gasteiger charge is -2.31. The molecule has 1 aliphatic carbocycles. The van der Waals surface area contributed by atoms with Gasteiger partial charge < -0.3 is 10.7 Å². The van der Waals surface area contributed by atoms with Crippen LogP contribution in [0.1, 0.15) is 31.7 Å². The molecule has 1 aliphatic rings. The van der Waals surface area contributed by atoms with E-state index in [4.69, 9.17) is 5.73 Å². The molecule has 1 aromatic heterocycles. The largest absolute Gasteiger partial charge is 0.333 e. The van der Waals surface area contributed by atoms with Crippen LogP contribution in [0.5, 0.6) is 0 Å². The Hall–Kier alpha value is -1.00. The predicted molar refractivity (Wildman–Crippen MR) is 81.5 cm³/mol. The summed E-state index contributed by atoms with van der Waals surface area (Å²) in [5.41, 5.74) is 9.68. The molecule has 1 saturated carbocycles. The number of rotatable bonds is 2. The van der Waals surface area contributed by atoms with Gasteiger partial charge in [0.15, 0.2) is 5.16 Å². The van der Waals surface area contributed by atoms with Crippen molar-refractivity contribution in [3.63, 3.8) is 0 Å². The van der Waals surface area contributed by atoms with Gasteiger partial charge in [-0.1, -0.05) is 24.8 Å². The average Bonchev–Trinajstić information content (AvgIpc) is 2.75. The molecule has 0 aliphatic heterocycles. The van der Waals surface area contributed by atoms with Gasteiger partial charge in [0.25, 0.3) is 0 Å². The van der Waals surface area contributed by atoms with Gasteiger partial charge >= 0.3 is 0 Å². The van der Waals surface area contributed by atoms with Gasteiger partial charge in [0.2, 0.25) is 0 Å². The minimum atomic E-state index is 0.302. The zero-order valence-corrected chi connectivity index (χ0v) is 12.3. The SMILES string of the molecule is Cc1ccc2nc(SC3CC(C)CCC3N)[nH]c2c1. The van der Waals surface area contributed by atoms with Gasteiger partial charge in [0.05, 0.1) is 11.0 Å². The molecule has 3 N–H and O–H groups in total. The van der Waals surface area contributed by atoms with Crippen LogP contribution in [-0.2, 0) is 0 Å². The van der Waals surface area contributed by atoms with Gasteiger partial charge in [-0.15, -0.1) is 0 Å². The molecule has 3 rings (SSSR count). The molecule has 0 radical (unpaired) electrons. The molecule has 102 valence electrons. The summed E-state index contributed by atoms with van der Waals surface area (Å²) in [7, 11) is 0. The van der Waals surface area contributed by atoms with E-state index in [0.717, 1.165) is 28.5 Å². The van der Waals surface area contributed by atoms with Crippen LogP contribution in [0.4, 0.5) is 0 Å². The monoisotopic (exact) mass is 275 g/mol. The third-order valence-electron chi connectivity index (χ3n) is 3.98. The summed E-state index contributed by atoms with van der Waals surface area (Å²) < 4.78 is 0. The highest BCUT2D eigenvalue weighted by atomic mass is 32.2. The molecule has 0 amide bonds. The van der Waals surface area contributed by atoms with E-state index in [1.165, 1.54) is 18.4 Å². The molecule has 19 heavy (non-hydrogen) atoms. The summed E-state index contributed by atoms with van der Waals surface area (Å²) in [5, 5.41) is 1.50. The van der Waals surface area contributed by atoms with E-state index in [-0.39, 0.29) is 0 Å². The van der Waals surface area contributed by atoms with Gasteiger partial charge in [-0.25, -0.2) is 4.98 Å². The Morgan fingerprint density at radius 2 is 2.21 bits per heavy atom. The minimum absolute atomic E-state index is 0.302. The van der Waals surface area contributed by atoms with Crippen molar-refractivity contribution >= 4 is 22.8 Å². The van der Waals surface area contributed by atoms with E-state index in [1.54, 1.807) is 0 Å². The van der Waals surface area contributed by atoms with Crippen LogP contribution in [-0.4, -0.2) is 21.3 Å². The van der Waals surface area contributed by atoms with Crippen molar-refractivity contribution in [1.29, 1.82) is 0 Å². The maximum atomic E-state index is 6.24. The second kappa shape index (κ2) is 5.17. The summed E-state index contributed by atoms with van der Waals surface area (Å²) in [4.78, 5) is 8.07. The fourth-order valence-electron chi connectivity index (χ4n) is 2.79. The highest BCUT2D eigenvalue weighted by molar-refractivity contribution is 7.99. The van der Waals surface area contributed by atoms with Crippen LogP contribution in [0.25, 0.3) is 11.0 Å². The lowest BCUT2D eigenvalue weighted by atomic mass is 9.87. The molecular formula is C15H21N3S. The standard InChI is InChI=1S/C15H21N3S/c1-9-4-6-12-13(7-9)18-15(17-12)19-14-8-10(2)3-5-11(14)16/h4,6-7,10-11,14H,3,5,8,16H2,1-2H3,(H,17,18). The fraction of sp³-hybridized carbons (Fsp3) is 0.533. The van der Waals surface area contributed by atoms with Crippen LogP contribution in [0.15, 0.2) is 23.4 Å². The first kappa shape index (κ1) is 13.0. The number of thioether (sulfide) groups is 1. The van der Waals surface area contributed by atoms with Crippen molar-refractivity contribution in [3.05, 3.63) is 23.8 Å². The molecule has 2 aromatic rings. The number of aromatic nitrogens is 2. The van der Waals surface area contributed by atoms with Gasteiger partial charge in [0, 0.05) is 11.3 Å². The maximum absolute atomic E-state index is 6.24. The molecule has 3 nitrogen and oxygen atoms in total. The first-order chi connectivity index (χ1) is 9.11. The second-order valence-corrected chi connectivity index (χ2v) is 7.03. The van der Waals surface area contributed by atoms with E-state index in [9.17, 15) is 0 Å². The highest BCUT2D eigenvalue weighted by Gasteiger charge is 2.27. The number of aryl methyl sites for hydroxylation is 1. The number of nitrogens with two attached hydrogens (primary N) is 1. The van der Waals surface area contributed by atoms with E-state index < -0.39 is 0 Å². The number of imidazole rings is 1. The zero-order valence-electron chi connectivity index (χ0n) is 11.5. The molecule has 1 fully saturated rings. The van der Waals surface area contributed by atoms with Gasteiger partial charge in [-0.3, -0.25) is 0 Å². The Balaban J connectivity index is 1.80. The van der Waals surface area contributed by atoms with E-state index >= 15 is 0 Å². The molecule has 3 atom stereocenters. The Kier molecular flexibility index (Phi) is 3.54. The number of hydrogen-bond acceptors (Lipinski definition) is 3. The number of nitrogens with one attached hydrogen (secondary N) is 1. The molecule has 4 heteroatoms. The molecule has 1 aromatic carbocycles. The average molecular weight is 275 g/mol. The number of benzene rings is 1. The lowest BCUT2D eigenvalue weighted by molar-refractivity contribution is 0.357. The Labute approximate surface area is 118 Å². The van der Waals surface area contributed by atoms with Crippen molar-refractivity contribution in [2.75, 3.05) is 0 Å². The Morgan fingerprint density at radius 3 is 3.05 bits per heavy atom. The number of fused-ring (bicyclic) bond motifs is 1. The van der Waals surface area contributed by atoms with Gasteiger partial charge in [0.1, 0.15) is 0 Å². The first-order valence-electron chi connectivity index (χ1n) is 7.00. The van der Waals surface area contributed by atoms with Crippen molar-refractivity contribution in [3.8, 4) is 0 Å². The smallest absolute Gasteiger partial charge is 0.166 e. The van der Waals surface area contributed by atoms with Crippen molar-refractivity contribution < 1.29 is 0 Å². The van der Waals surface area contributed by atoms with Crippen LogP contribution in [0, 0.1) is 12.8 Å². The predicted octanol–water partition coefficient (Wildman–Crippen LogP) is 3.48. The van der Waals surface area contributed by atoms with E-state index in [2.05, 4.69) is 42.0 Å². The third-order valence-corrected chi connectivity index (χ3v) is 5.25. The van der Waals surface area contributed by atoms with E-state index in [0.29, 0.717) is 11.3 Å². The number of aromatic amines is 1. The quantitative estimate of drug-likeness (QED) is 0.882. The minimum Gasteiger partial charge on any atom is -0.333 e. The first-order valence-corrected chi connectivity index (χ1v) is 7.88. The van der Waals surface area contributed by atoms with E-state index in [1.807, 2.05) is 11.8 Å². The molecule has 1 heterocycles. The van der Waals surface area contributed by atoms with Crippen LogP contribution >= 0.6 is 11.8 Å². The Bertz CT molecular complexity index is 578. The number of H-pyrrole nitrogens is 1. The topological polar surface area (TPSA) is 54.7 Å². The molecule has 0 saturated heterocycles. The summed E-state index contributed by atoms with van der Waals surface area (Å²) in [5.74, 6) is 0.781. The van der Waals surface area contributed by atoms with Crippen LogP contribution < -0.4 is 5.73 Å². The Morgan fingerprint density at radius 1 is 1.37 bits per heavy atom.